The van der Waals surface area contributed by atoms with E-state index in [4.69, 9.17) is 15.0 Å². The third-order valence-corrected chi connectivity index (χ3v) is 3.02. The van der Waals surface area contributed by atoms with Gasteiger partial charge in [-0.1, -0.05) is 5.16 Å². The number of aromatic nitrogens is 2. The molecule has 2 N–H and O–H groups in total. The standard InChI is InChI=1S/C12H22N4O2/c1-12(2,13)5-4-10-14-11(15-18-10)9-8-16(3)6-7-17-9/h9H,4-8,13H2,1-3H3. The molecule has 1 atom stereocenters. The summed E-state index contributed by atoms with van der Waals surface area (Å²) in [5, 5.41) is 4.00. The van der Waals surface area contributed by atoms with Gasteiger partial charge in [-0.25, -0.2) is 0 Å². The van der Waals surface area contributed by atoms with Crippen molar-refractivity contribution in [1.82, 2.24) is 15.0 Å². The minimum Gasteiger partial charge on any atom is -0.367 e. The number of likely N-dealkylation sites (N-methyl/N-ethyl adjacent to an activating group) is 1. The molecule has 0 aromatic carbocycles. The first kappa shape index (κ1) is 13.5. The van der Waals surface area contributed by atoms with Crippen LogP contribution in [0, 0.1) is 0 Å². The number of hydrogen-bond acceptors (Lipinski definition) is 6. The summed E-state index contributed by atoms with van der Waals surface area (Å²) in [5.74, 6) is 1.28. The highest BCUT2D eigenvalue weighted by molar-refractivity contribution is 4.94. The van der Waals surface area contributed by atoms with Gasteiger partial charge < -0.3 is 19.9 Å². The van der Waals surface area contributed by atoms with Gasteiger partial charge in [-0.05, 0) is 27.3 Å². The third-order valence-electron chi connectivity index (χ3n) is 3.02. The van der Waals surface area contributed by atoms with E-state index in [0.717, 1.165) is 19.5 Å². The molecular formula is C12H22N4O2. The summed E-state index contributed by atoms with van der Waals surface area (Å²) in [5.41, 5.74) is 5.72. The van der Waals surface area contributed by atoms with E-state index in [9.17, 15) is 0 Å². The van der Waals surface area contributed by atoms with Crippen LogP contribution in [0.25, 0.3) is 0 Å². The second-order valence-electron chi connectivity index (χ2n) is 5.66. The lowest BCUT2D eigenvalue weighted by Crippen LogP contribution is -2.35. The summed E-state index contributed by atoms with van der Waals surface area (Å²) in [4.78, 5) is 6.59. The average molecular weight is 254 g/mol. The molecule has 0 saturated carbocycles. The summed E-state index contributed by atoms with van der Waals surface area (Å²) in [6.45, 7) is 6.44. The van der Waals surface area contributed by atoms with Crippen molar-refractivity contribution < 1.29 is 9.26 Å². The molecule has 0 aliphatic carbocycles. The molecule has 1 aliphatic rings. The van der Waals surface area contributed by atoms with Crippen LogP contribution < -0.4 is 5.73 Å². The minimum atomic E-state index is -0.212. The largest absolute Gasteiger partial charge is 0.367 e. The zero-order valence-electron chi connectivity index (χ0n) is 11.3. The molecule has 0 spiro atoms. The molecular weight excluding hydrogens is 232 g/mol. The van der Waals surface area contributed by atoms with E-state index in [0.29, 0.717) is 24.7 Å². The van der Waals surface area contributed by atoms with Gasteiger partial charge >= 0.3 is 0 Å². The Kier molecular flexibility index (Phi) is 3.99. The number of nitrogens with zero attached hydrogens (tertiary/aromatic N) is 3. The predicted octanol–water partition coefficient (Wildman–Crippen LogP) is 0.743. The Balaban J connectivity index is 1.93. The Morgan fingerprint density at radius 2 is 2.28 bits per heavy atom. The summed E-state index contributed by atoms with van der Waals surface area (Å²) in [6, 6.07) is 0. The van der Waals surface area contributed by atoms with E-state index in [-0.39, 0.29) is 11.6 Å². The van der Waals surface area contributed by atoms with Gasteiger partial charge in [0.05, 0.1) is 6.61 Å². The molecule has 1 unspecified atom stereocenters. The van der Waals surface area contributed by atoms with Crippen molar-refractivity contribution in [2.45, 2.75) is 38.3 Å². The van der Waals surface area contributed by atoms with Crippen LogP contribution in [0.4, 0.5) is 0 Å². The fraction of sp³-hybridized carbons (Fsp3) is 0.833. The first-order chi connectivity index (χ1) is 8.44. The summed E-state index contributed by atoms with van der Waals surface area (Å²) >= 11 is 0. The van der Waals surface area contributed by atoms with Gasteiger partial charge in [-0.3, -0.25) is 0 Å². The van der Waals surface area contributed by atoms with Crippen LogP contribution in [-0.2, 0) is 11.2 Å². The molecule has 6 heteroatoms. The molecule has 1 aromatic heterocycles. The van der Waals surface area contributed by atoms with Gasteiger partial charge in [0.15, 0.2) is 0 Å². The molecule has 2 rings (SSSR count). The summed E-state index contributed by atoms with van der Waals surface area (Å²) < 4.78 is 10.9. The van der Waals surface area contributed by atoms with E-state index in [1.54, 1.807) is 0 Å². The average Bonchev–Trinajstić information content (AvgIpc) is 2.74. The maximum absolute atomic E-state index is 5.93. The lowest BCUT2D eigenvalue weighted by Gasteiger charge is -2.27. The van der Waals surface area contributed by atoms with E-state index in [1.165, 1.54) is 0 Å². The van der Waals surface area contributed by atoms with E-state index in [2.05, 4.69) is 22.1 Å². The first-order valence-corrected chi connectivity index (χ1v) is 6.35. The van der Waals surface area contributed by atoms with Crippen LogP contribution in [0.3, 0.4) is 0 Å². The Bertz CT molecular complexity index is 386. The zero-order chi connectivity index (χ0) is 13.2. The molecule has 0 amide bonds. The molecule has 1 saturated heterocycles. The van der Waals surface area contributed by atoms with Crippen molar-refractivity contribution in [1.29, 1.82) is 0 Å². The van der Waals surface area contributed by atoms with Crippen LogP contribution in [0.5, 0.6) is 0 Å². The van der Waals surface area contributed by atoms with Gasteiger partial charge in [0.2, 0.25) is 11.7 Å². The van der Waals surface area contributed by atoms with Crippen LogP contribution in [-0.4, -0.2) is 47.3 Å². The molecule has 2 heterocycles. The number of nitrogens with two attached hydrogens (primary N) is 1. The second-order valence-corrected chi connectivity index (χ2v) is 5.66. The lowest BCUT2D eigenvalue weighted by molar-refractivity contribution is -0.0264. The van der Waals surface area contributed by atoms with Crippen molar-refractivity contribution in [2.75, 3.05) is 26.7 Å². The molecule has 1 fully saturated rings. The number of morpholine rings is 1. The topological polar surface area (TPSA) is 77.4 Å². The van der Waals surface area contributed by atoms with E-state index in [1.807, 2.05) is 13.8 Å². The van der Waals surface area contributed by atoms with Gasteiger partial charge in [0, 0.05) is 25.0 Å². The molecule has 102 valence electrons. The fourth-order valence-electron chi connectivity index (χ4n) is 1.86. The maximum Gasteiger partial charge on any atom is 0.226 e. The van der Waals surface area contributed by atoms with Crippen molar-refractivity contribution in [3.8, 4) is 0 Å². The van der Waals surface area contributed by atoms with Gasteiger partial charge in [-0.2, -0.15) is 4.98 Å². The highest BCUT2D eigenvalue weighted by Gasteiger charge is 2.24. The van der Waals surface area contributed by atoms with Crippen molar-refractivity contribution in [2.24, 2.45) is 5.73 Å². The number of aryl methyl sites for hydroxylation is 1. The second kappa shape index (κ2) is 5.34. The third kappa shape index (κ3) is 3.76. The van der Waals surface area contributed by atoms with Crippen LogP contribution in [0.15, 0.2) is 4.52 Å². The van der Waals surface area contributed by atoms with Crippen molar-refractivity contribution >= 4 is 0 Å². The van der Waals surface area contributed by atoms with Crippen molar-refractivity contribution in [3.63, 3.8) is 0 Å². The van der Waals surface area contributed by atoms with E-state index >= 15 is 0 Å². The van der Waals surface area contributed by atoms with E-state index < -0.39 is 0 Å². The van der Waals surface area contributed by atoms with Crippen molar-refractivity contribution in [3.05, 3.63) is 11.7 Å². The number of rotatable bonds is 4. The molecule has 18 heavy (non-hydrogen) atoms. The molecule has 1 aliphatic heterocycles. The lowest BCUT2D eigenvalue weighted by atomic mass is 10.0. The Morgan fingerprint density at radius 3 is 2.94 bits per heavy atom. The minimum absolute atomic E-state index is 0.0767. The first-order valence-electron chi connectivity index (χ1n) is 6.35. The Hall–Kier alpha value is -0.980. The Labute approximate surface area is 107 Å². The highest BCUT2D eigenvalue weighted by Crippen LogP contribution is 2.19. The molecule has 1 aromatic rings. The number of hydrogen-bond donors (Lipinski definition) is 1. The van der Waals surface area contributed by atoms with Crippen LogP contribution in [0.1, 0.15) is 38.1 Å². The molecule has 0 bridgehead atoms. The quantitative estimate of drug-likeness (QED) is 0.854. The fourth-order valence-corrected chi connectivity index (χ4v) is 1.86. The maximum atomic E-state index is 5.93. The normalized spacial score (nSPS) is 22.3. The predicted molar refractivity (Wildman–Crippen MR) is 67.1 cm³/mol. The highest BCUT2D eigenvalue weighted by atomic mass is 16.5. The zero-order valence-corrected chi connectivity index (χ0v) is 11.3. The van der Waals surface area contributed by atoms with Gasteiger partial charge in [0.1, 0.15) is 6.10 Å². The van der Waals surface area contributed by atoms with Crippen LogP contribution >= 0.6 is 0 Å². The molecule has 6 nitrogen and oxygen atoms in total. The Morgan fingerprint density at radius 1 is 1.50 bits per heavy atom. The molecule has 0 radical (unpaired) electrons. The number of ether oxygens (including phenoxy) is 1. The summed E-state index contributed by atoms with van der Waals surface area (Å²) in [7, 11) is 2.06. The van der Waals surface area contributed by atoms with Gasteiger partial charge in [0.25, 0.3) is 0 Å². The monoisotopic (exact) mass is 254 g/mol. The van der Waals surface area contributed by atoms with Gasteiger partial charge in [-0.15, -0.1) is 0 Å². The summed E-state index contributed by atoms with van der Waals surface area (Å²) in [6.07, 6.45) is 1.45. The van der Waals surface area contributed by atoms with Crippen LogP contribution in [0.2, 0.25) is 0 Å². The smallest absolute Gasteiger partial charge is 0.226 e. The SMILES string of the molecule is CN1CCOC(c2noc(CCC(C)(C)N)n2)C1.